The Morgan fingerprint density at radius 1 is 1.19 bits per heavy atom. The molecular weight excluding hydrogens is 482 g/mol. The number of anilines is 1. The number of primary amides is 1. The van der Waals surface area contributed by atoms with Crippen LogP contribution >= 0.6 is 0 Å². The fraction of sp³-hybridized carbons (Fsp3) is 0.500. The zero-order valence-electron chi connectivity index (χ0n) is 20.8. The first-order valence-electron chi connectivity index (χ1n) is 12.3. The molecule has 1 fully saturated rings. The Morgan fingerprint density at radius 2 is 1.86 bits per heavy atom. The highest BCUT2D eigenvalue weighted by Gasteiger charge is 2.59. The molecule has 1 aliphatic heterocycles. The number of benzene rings is 1. The maximum atomic E-state index is 13.9. The average Bonchev–Trinajstić information content (AvgIpc) is 2.83. The van der Waals surface area contributed by atoms with Crippen LogP contribution in [0.15, 0.2) is 28.7 Å². The van der Waals surface area contributed by atoms with Crippen molar-refractivity contribution in [2.24, 2.45) is 17.6 Å². The first-order valence-corrected chi connectivity index (χ1v) is 12.3. The quantitative estimate of drug-likeness (QED) is 0.356. The van der Waals surface area contributed by atoms with E-state index in [1.54, 1.807) is 0 Å². The summed E-state index contributed by atoms with van der Waals surface area (Å²) in [6, 6.07) is 1.86. The number of aromatic hydroxyl groups is 1. The zero-order valence-corrected chi connectivity index (χ0v) is 20.8. The number of Topliss-reactive ketones (excluding diaryl/α,β-unsaturated/α-hetero) is 2. The number of phenolic OH excluding ortho intramolecular Hbond substituents is 1. The number of carbonyl (C=O) groups excluding carboxylic acids is 3. The number of allylic oxidation sites excluding steroid dienone is 2. The van der Waals surface area contributed by atoms with E-state index in [1.165, 1.54) is 0 Å². The lowest BCUT2D eigenvalue weighted by Gasteiger charge is -2.46. The van der Waals surface area contributed by atoms with Crippen LogP contribution < -0.4 is 10.6 Å². The SMILES string of the molecule is CN(C)c1cc(CN2CCOCC2)c(O)c2c1C[C@H]1C[C@H]3CC(O)=C(C(N)=O)C(=O)[C@@]3(O)C(O)=C1C2=O. The Balaban J connectivity index is 1.64. The number of amides is 1. The van der Waals surface area contributed by atoms with Crippen LogP contribution in [-0.4, -0.2) is 88.8 Å². The number of carbonyl (C=O) groups is 3. The molecule has 3 atom stereocenters. The van der Waals surface area contributed by atoms with Crippen LogP contribution in [0.3, 0.4) is 0 Å². The van der Waals surface area contributed by atoms with Gasteiger partial charge in [0.25, 0.3) is 5.91 Å². The minimum atomic E-state index is -2.57. The Labute approximate surface area is 213 Å². The summed E-state index contributed by atoms with van der Waals surface area (Å²) >= 11 is 0. The summed E-state index contributed by atoms with van der Waals surface area (Å²) < 4.78 is 5.40. The van der Waals surface area contributed by atoms with E-state index in [0.717, 1.165) is 5.69 Å². The second kappa shape index (κ2) is 8.86. The number of nitrogens with two attached hydrogens (primary N) is 1. The van der Waals surface area contributed by atoms with Gasteiger partial charge in [-0.15, -0.1) is 0 Å². The molecule has 1 heterocycles. The lowest BCUT2D eigenvalue weighted by molar-refractivity contribution is -0.144. The summed E-state index contributed by atoms with van der Waals surface area (Å²) in [5.74, 6) is -6.23. The highest BCUT2D eigenvalue weighted by atomic mass is 16.5. The van der Waals surface area contributed by atoms with Crippen molar-refractivity contribution in [3.8, 4) is 5.75 Å². The topological polar surface area (TPSA) is 174 Å². The molecule has 1 amide bonds. The maximum Gasteiger partial charge on any atom is 0.255 e. The van der Waals surface area contributed by atoms with Crippen LogP contribution in [0.5, 0.6) is 5.75 Å². The summed E-state index contributed by atoms with van der Waals surface area (Å²) in [6.45, 7) is 2.88. The fourth-order valence-electron chi connectivity index (χ4n) is 6.24. The predicted molar refractivity (Wildman–Crippen MR) is 131 cm³/mol. The Hall–Kier alpha value is -3.41. The van der Waals surface area contributed by atoms with Crippen LogP contribution in [-0.2, 0) is 27.3 Å². The third kappa shape index (κ3) is 3.72. The van der Waals surface area contributed by atoms with E-state index in [-0.39, 0.29) is 36.1 Å². The summed E-state index contributed by atoms with van der Waals surface area (Å²) in [4.78, 5) is 42.8. The van der Waals surface area contributed by atoms with E-state index in [2.05, 4.69) is 4.90 Å². The molecule has 1 saturated heterocycles. The van der Waals surface area contributed by atoms with E-state index in [9.17, 15) is 34.8 Å². The van der Waals surface area contributed by atoms with Crippen LogP contribution in [0.2, 0.25) is 0 Å². The van der Waals surface area contributed by atoms with Gasteiger partial charge in [0.05, 0.1) is 18.8 Å². The van der Waals surface area contributed by atoms with E-state index in [0.29, 0.717) is 44.0 Å². The van der Waals surface area contributed by atoms with E-state index < -0.39 is 52.0 Å². The van der Waals surface area contributed by atoms with Crippen molar-refractivity contribution in [1.82, 2.24) is 4.90 Å². The zero-order chi connectivity index (χ0) is 26.8. The number of hydrogen-bond donors (Lipinski definition) is 5. The molecule has 4 aliphatic rings. The van der Waals surface area contributed by atoms with Crippen molar-refractivity contribution in [2.75, 3.05) is 45.3 Å². The molecule has 37 heavy (non-hydrogen) atoms. The smallest absolute Gasteiger partial charge is 0.255 e. The van der Waals surface area contributed by atoms with E-state index in [4.69, 9.17) is 10.5 Å². The molecule has 0 saturated carbocycles. The van der Waals surface area contributed by atoms with E-state index >= 15 is 0 Å². The first-order chi connectivity index (χ1) is 17.5. The highest BCUT2D eigenvalue weighted by molar-refractivity contribution is 6.24. The normalized spacial score (nSPS) is 28.1. The Morgan fingerprint density at radius 3 is 2.49 bits per heavy atom. The molecule has 0 bridgehead atoms. The van der Waals surface area contributed by atoms with Crippen LogP contribution in [0.4, 0.5) is 5.69 Å². The number of hydrogen-bond acceptors (Lipinski definition) is 10. The Bertz CT molecular complexity index is 1280. The predicted octanol–water partition coefficient (Wildman–Crippen LogP) is 0.479. The number of aliphatic hydroxyl groups is 3. The molecule has 6 N–H and O–H groups in total. The van der Waals surface area contributed by atoms with Crippen LogP contribution in [0, 0.1) is 11.8 Å². The molecule has 0 spiro atoms. The van der Waals surface area contributed by atoms with Gasteiger partial charge in [-0.05, 0) is 30.4 Å². The molecule has 1 aromatic rings. The van der Waals surface area contributed by atoms with Gasteiger partial charge in [0.15, 0.2) is 11.4 Å². The number of rotatable bonds is 4. The lowest BCUT2D eigenvalue weighted by atomic mass is 9.60. The summed E-state index contributed by atoms with van der Waals surface area (Å²) in [5, 5.41) is 44.2. The standard InChI is InChI=1S/C26H31N3O8/c1-28(2)16-9-13(11-29-3-5-37-6-4-29)21(31)19-15(16)8-12-7-14-10-17(30)20(25(27)35)24(34)26(14,36)23(33)18(12)22(19)32/h9,12,14,30-31,33,36H,3-8,10-11H2,1-2H3,(H2,27,35)/t12-,14+,26+/m1/s1. The summed E-state index contributed by atoms with van der Waals surface area (Å²) in [5.41, 5.74) is 3.69. The molecule has 11 heteroatoms. The number of morpholine rings is 1. The first kappa shape index (κ1) is 25.2. The van der Waals surface area contributed by atoms with Crippen molar-refractivity contribution in [2.45, 2.75) is 31.4 Å². The highest BCUT2D eigenvalue weighted by Crippen LogP contribution is 2.52. The maximum absolute atomic E-state index is 13.9. The fourth-order valence-corrected chi connectivity index (χ4v) is 6.24. The van der Waals surface area contributed by atoms with Crippen molar-refractivity contribution in [3.63, 3.8) is 0 Å². The van der Waals surface area contributed by atoms with Gasteiger partial charge in [-0.3, -0.25) is 19.3 Å². The molecule has 1 aromatic carbocycles. The van der Waals surface area contributed by atoms with Gasteiger partial charge in [0, 0.05) is 62.9 Å². The van der Waals surface area contributed by atoms with Gasteiger partial charge in [-0.25, -0.2) is 0 Å². The molecule has 0 aromatic heterocycles. The lowest BCUT2D eigenvalue weighted by Crippen LogP contribution is -2.57. The largest absolute Gasteiger partial charge is 0.511 e. The van der Waals surface area contributed by atoms with Crippen molar-refractivity contribution in [1.29, 1.82) is 0 Å². The number of aliphatic hydroxyl groups excluding tert-OH is 2. The number of ether oxygens (including phenoxy) is 1. The van der Waals surface area contributed by atoms with E-state index in [1.807, 2.05) is 25.1 Å². The van der Waals surface area contributed by atoms with Gasteiger partial charge in [0.1, 0.15) is 22.8 Å². The molecule has 11 nitrogen and oxygen atoms in total. The summed E-state index contributed by atoms with van der Waals surface area (Å²) in [6.07, 6.45) is 0.124. The number of phenols is 1. The average molecular weight is 514 g/mol. The minimum Gasteiger partial charge on any atom is -0.511 e. The van der Waals surface area contributed by atoms with Crippen molar-refractivity contribution >= 4 is 23.2 Å². The molecule has 198 valence electrons. The monoisotopic (exact) mass is 513 g/mol. The summed E-state index contributed by atoms with van der Waals surface area (Å²) in [7, 11) is 3.68. The molecule has 0 radical (unpaired) electrons. The third-order valence-electron chi connectivity index (χ3n) is 8.10. The number of nitrogens with zero attached hydrogens (tertiary/aromatic N) is 2. The van der Waals surface area contributed by atoms with Gasteiger partial charge in [0.2, 0.25) is 5.78 Å². The number of ketones is 2. The molecule has 3 aliphatic carbocycles. The van der Waals surface area contributed by atoms with Gasteiger partial charge in [-0.2, -0.15) is 0 Å². The second-order valence-corrected chi connectivity index (χ2v) is 10.5. The third-order valence-corrected chi connectivity index (χ3v) is 8.10. The van der Waals surface area contributed by atoms with Gasteiger partial charge in [-0.1, -0.05) is 0 Å². The van der Waals surface area contributed by atoms with Gasteiger partial charge >= 0.3 is 0 Å². The number of fused-ring (bicyclic) bond motifs is 3. The minimum absolute atomic E-state index is 0.0334. The van der Waals surface area contributed by atoms with Crippen molar-refractivity contribution in [3.05, 3.63) is 45.4 Å². The molecular formula is C26H31N3O8. The van der Waals surface area contributed by atoms with Crippen LogP contribution in [0.25, 0.3) is 0 Å². The van der Waals surface area contributed by atoms with Gasteiger partial charge < -0.3 is 35.8 Å². The molecule has 5 rings (SSSR count). The van der Waals surface area contributed by atoms with Crippen LogP contribution in [0.1, 0.15) is 34.3 Å². The van der Waals surface area contributed by atoms with Crippen molar-refractivity contribution < 1.29 is 39.5 Å². The second-order valence-electron chi connectivity index (χ2n) is 10.5. The Kier molecular flexibility index (Phi) is 6.05. The molecule has 0 unspecified atom stereocenters.